The summed E-state index contributed by atoms with van der Waals surface area (Å²) in [6.07, 6.45) is 0.154. The number of aliphatic hydroxyl groups excluding tert-OH is 1. The molecule has 2 aromatic carbocycles. The van der Waals surface area contributed by atoms with Crippen molar-refractivity contribution in [3.8, 4) is 11.5 Å². The van der Waals surface area contributed by atoms with Gasteiger partial charge in [0.2, 0.25) is 0 Å². The third-order valence-electron chi connectivity index (χ3n) is 6.97. The van der Waals surface area contributed by atoms with E-state index in [1.54, 1.807) is 0 Å². The molecule has 2 aliphatic rings. The Labute approximate surface area is 203 Å². The molecule has 1 fully saturated rings. The summed E-state index contributed by atoms with van der Waals surface area (Å²) < 4.78 is 18.9. The summed E-state index contributed by atoms with van der Waals surface area (Å²) in [6.45, 7) is 15.4. The summed E-state index contributed by atoms with van der Waals surface area (Å²) in [5.41, 5.74) is 4.91. The standard InChI is InChI=1S/C29H38O5/c1-17-21-15-29(6,7)34-27(21)24(18(2)22-13-20(30)14-23(31)33-22)25(28(3,4)5)26(17)32-16-19-11-9-8-10-12-19/h8-12,18,20,22,30H,13-16H2,1-7H3/t18?,20-,22+/m1/s1. The van der Waals surface area contributed by atoms with Crippen LogP contribution in [0.3, 0.4) is 0 Å². The third-order valence-corrected chi connectivity index (χ3v) is 6.97. The minimum atomic E-state index is -0.684. The van der Waals surface area contributed by atoms with E-state index in [9.17, 15) is 9.90 Å². The van der Waals surface area contributed by atoms with Crippen molar-refractivity contribution in [1.82, 2.24) is 0 Å². The first-order valence-electron chi connectivity index (χ1n) is 12.3. The molecule has 0 saturated carbocycles. The van der Waals surface area contributed by atoms with Crippen molar-refractivity contribution >= 4 is 5.97 Å². The number of carbonyl (C=O) groups excluding carboxylic acids is 1. The summed E-state index contributed by atoms with van der Waals surface area (Å²) in [6, 6.07) is 10.2. The number of hydrogen-bond donors (Lipinski definition) is 1. The smallest absolute Gasteiger partial charge is 0.308 e. The Kier molecular flexibility index (Phi) is 6.45. The van der Waals surface area contributed by atoms with Crippen LogP contribution in [0.5, 0.6) is 11.5 Å². The Morgan fingerprint density at radius 3 is 2.50 bits per heavy atom. The van der Waals surface area contributed by atoms with Gasteiger partial charge in [0.15, 0.2) is 0 Å². The lowest BCUT2D eigenvalue weighted by Crippen LogP contribution is -2.36. The molecule has 2 aliphatic heterocycles. The lowest BCUT2D eigenvalue weighted by Gasteiger charge is -2.36. The van der Waals surface area contributed by atoms with Crippen molar-refractivity contribution in [2.75, 3.05) is 0 Å². The first-order chi connectivity index (χ1) is 15.9. The first-order valence-corrected chi connectivity index (χ1v) is 12.3. The van der Waals surface area contributed by atoms with Crippen LogP contribution >= 0.6 is 0 Å². The number of hydrogen-bond acceptors (Lipinski definition) is 5. The Bertz CT molecular complexity index is 1060. The van der Waals surface area contributed by atoms with Gasteiger partial charge in [-0.1, -0.05) is 58.0 Å². The molecule has 1 unspecified atom stereocenters. The summed E-state index contributed by atoms with van der Waals surface area (Å²) in [7, 11) is 0. The minimum Gasteiger partial charge on any atom is -0.488 e. The van der Waals surface area contributed by atoms with Crippen LogP contribution in [0.2, 0.25) is 0 Å². The Morgan fingerprint density at radius 1 is 1.21 bits per heavy atom. The molecule has 3 atom stereocenters. The average molecular weight is 467 g/mol. The molecule has 2 aromatic rings. The highest BCUT2D eigenvalue weighted by atomic mass is 16.5. The van der Waals surface area contributed by atoms with Gasteiger partial charge in [-0.15, -0.1) is 0 Å². The maximum atomic E-state index is 12.2. The van der Waals surface area contributed by atoms with Gasteiger partial charge in [0.05, 0.1) is 12.5 Å². The van der Waals surface area contributed by atoms with E-state index in [1.807, 2.05) is 18.2 Å². The molecule has 0 amide bonds. The van der Waals surface area contributed by atoms with E-state index >= 15 is 0 Å². The topological polar surface area (TPSA) is 65.0 Å². The molecule has 34 heavy (non-hydrogen) atoms. The van der Waals surface area contributed by atoms with Crippen LogP contribution in [0.1, 0.15) is 88.1 Å². The zero-order valence-corrected chi connectivity index (χ0v) is 21.5. The predicted molar refractivity (Wildman–Crippen MR) is 133 cm³/mol. The van der Waals surface area contributed by atoms with E-state index < -0.39 is 12.2 Å². The van der Waals surface area contributed by atoms with Gasteiger partial charge in [0.1, 0.15) is 29.8 Å². The van der Waals surface area contributed by atoms with Crippen LogP contribution < -0.4 is 9.47 Å². The molecule has 0 aliphatic carbocycles. The van der Waals surface area contributed by atoms with Gasteiger partial charge >= 0.3 is 5.97 Å². The molecule has 0 bridgehead atoms. The van der Waals surface area contributed by atoms with Crippen LogP contribution in [0, 0.1) is 6.92 Å². The number of fused-ring (bicyclic) bond motifs is 1. The van der Waals surface area contributed by atoms with Crippen molar-refractivity contribution in [3.05, 3.63) is 58.1 Å². The van der Waals surface area contributed by atoms with E-state index in [2.05, 4.69) is 60.6 Å². The van der Waals surface area contributed by atoms with Gasteiger partial charge in [-0.3, -0.25) is 4.79 Å². The number of ether oxygens (including phenoxy) is 3. The summed E-state index contributed by atoms with van der Waals surface area (Å²) in [5, 5.41) is 10.3. The molecule has 0 aromatic heterocycles. The average Bonchev–Trinajstić information content (AvgIpc) is 3.07. The largest absolute Gasteiger partial charge is 0.488 e. The van der Waals surface area contributed by atoms with Gasteiger partial charge < -0.3 is 19.3 Å². The Balaban J connectivity index is 1.88. The monoisotopic (exact) mass is 466 g/mol. The second-order valence-corrected chi connectivity index (χ2v) is 11.5. The van der Waals surface area contributed by atoms with Crippen LogP contribution in [0.25, 0.3) is 0 Å². The molecule has 5 nitrogen and oxygen atoms in total. The highest BCUT2D eigenvalue weighted by Gasteiger charge is 2.43. The normalized spacial score (nSPS) is 22.5. The van der Waals surface area contributed by atoms with Crippen LogP contribution in [0.4, 0.5) is 0 Å². The number of aliphatic hydroxyl groups is 1. The number of esters is 1. The predicted octanol–water partition coefficient (Wildman–Crippen LogP) is 5.76. The molecular weight excluding hydrogens is 428 g/mol. The van der Waals surface area contributed by atoms with Crippen molar-refractivity contribution in [3.63, 3.8) is 0 Å². The van der Waals surface area contributed by atoms with Crippen molar-refractivity contribution in [1.29, 1.82) is 0 Å². The number of cyclic esters (lactones) is 1. The molecule has 0 radical (unpaired) electrons. The second-order valence-electron chi connectivity index (χ2n) is 11.5. The molecular formula is C29H38O5. The second kappa shape index (κ2) is 8.92. The number of benzene rings is 2. The lowest BCUT2D eigenvalue weighted by atomic mass is 9.75. The van der Waals surface area contributed by atoms with Crippen LogP contribution in [0.15, 0.2) is 30.3 Å². The van der Waals surface area contributed by atoms with Crippen molar-refractivity contribution in [2.45, 2.75) is 103 Å². The fourth-order valence-corrected chi connectivity index (χ4v) is 5.35. The third kappa shape index (κ3) is 4.81. The Morgan fingerprint density at radius 2 is 1.88 bits per heavy atom. The quantitative estimate of drug-likeness (QED) is 0.568. The lowest BCUT2D eigenvalue weighted by molar-refractivity contribution is -0.161. The summed E-state index contributed by atoms with van der Waals surface area (Å²) in [4.78, 5) is 12.2. The van der Waals surface area contributed by atoms with Gasteiger partial charge in [-0.25, -0.2) is 0 Å². The molecule has 5 heteroatoms. The van der Waals surface area contributed by atoms with E-state index in [0.29, 0.717) is 13.0 Å². The van der Waals surface area contributed by atoms with Gasteiger partial charge in [-0.05, 0) is 37.3 Å². The summed E-state index contributed by atoms with van der Waals surface area (Å²) in [5.74, 6) is 1.28. The van der Waals surface area contributed by atoms with Crippen LogP contribution in [-0.4, -0.2) is 28.9 Å². The zero-order valence-electron chi connectivity index (χ0n) is 21.5. The summed E-state index contributed by atoms with van der Waals surface area (Å²) >= 11 is 0. The van der Waals surface area contributed by atoms with E-state index in [-0.39, 0.29) is 29.3 Å². The van der Waals surface area contributed by atoms with Crippen LogP contribution in [-0.2, 0) is 28.0 Å². The van der Waals surface area contributed by atoms with Crippen molar-refractivity contribution < 1.29 is 24.1 Å². The van der Waals surface area contributed by atoms with Gasteiger partial charge in [0.25, 0.3) is 0 Å². The minimum absolute atomic E-state index is 0.0519. The highest BCUT2D eigenvalue weighted by Crippen LogP contribution is 2.53. The molecule has 4 rings (SSSR count). The van der Waals surface area contributed by atoms with E-state index in [1.165, 1.54) is 0 Å². The highest BCUT2D eigenvalue weighted by molar-refractivity contribution is 5.71. The van der Waals surface area contributed by atoms with E-state index in [0.717, 1.165) is 45.7 Å². The molecule has 0 spiro atoms. The first kappa shape index (κ1) is 24.6. The van der Waals surface area contributed by atoms with Gasteiger partial charge in [0, 0.05) is 35.4 Å². The zero-order chi connectivity index (χ0) is 24.8. The SMILES string of the molecule is Cc1c2c(c(C(C)[C@@H]3C[C@@H](O)CC(=O)O3)c(C(C)(C)C)c1OCc1ccccc1)OC(C)(C)C2. The Hall–Kier alpha value is -2.53. The molecule has 184 valence electrons. The number of carbonyl (C=O) groups is 1. The van der Waals surface area contributed by atoms with Crippen molar-refractivity contribution in [2.24, 2.45) is 0 Å². The fourth-order valence-electron chi connectivity index (χ4n) is 5.35. The molecule has 1 N–H and O–H groups in total. The molecule has 2 heterocycles. The maximum Gasteiger partial charge on any atom is 0.308 e. The van der Waals surface area contributed by atoms with E-state index in [4.69, 9.17) is 14.2 Å². The maximum absolute atomic E-state index is 12.2. The fraction of sp³-hybridized carbons (Fsp3) is 0.552. The van der Waals surface area contributed by atoms with Gasteiger partial charge in [-0.2, -0.15) is 0 Å². The number of rotatable bonds is 5. The molecule has 1 saturated heterocycles.